The van der Waals surface area contributed by atoms with Crippen LogP contribution in [0, 0.1) is 0 Å². The molecule has 1 aliphatic heterocycles. The molecule has 1 N–H and O–H groups in total. The van der Waals surface area contributed by atoms with Crippen molar-refractivity contribution in [3.63, 3.8) is 0 Å². The van der Waals surface area contributed by atoms with Gasteiger partial charge >= 0.3 is 0 Å². The van der Waals surface area contributed by atoms with E-state index in [1.54, 1.807) is 19.1 Å². The quantitative estimate of drug-likeness (QED) is 0.367. The summed E-state index contributed by atoms with van der Waals surface area (Å²) in [7, 11) is 5.29. The first-order valence-corrected chi connectivity index (χ1v) is 10.8. The Morgan fingerprint density at radius 3 is 2.78 bits per heavy atom. The zero-order valence-corrected chi connectivity index (χ0v) is 19.3. The molecule has 0 unspecified atom stereocenters. The Hall–Kier alpha value is -3.42. The lowest BCUT2D eigenvalue weighted by atomic mass is 10.2. The van der Waals surface area contributed by atoms with Gasteiger partial charge in [0.1, 0.15) is 17.2 Å². The molecule has 0 bridgehead atoms. The highest BCUT2D eigenvalue weighted by atomic mass is 16.5. The van der Waals surface area contributed by atoms with Crippen LogP contribution in [0.4, 0.5) is 5.69 Å². The molecule has 0 radical (unpaired) electrons. The van der Waals surface area contributed by atoms with E-state index in [0.29, 0.717) is 19.6 Å². The summed E-state index contributed by atoms with van der Waals surface area (Å²) in [4.78, 5) is 20.9. The lowest BCUT2D eigenvalue weighted by Gasteiger charge is -2.29. The lowest BCUT2D eigenvalue weighted by Crippen LogP contribution is -2.40. The Morgan fingerprint density at radius 1 is 1.22 bits per heavy atom. The van der Waals surface area contributed by atoms with Gasteiger partial charge < -0.3 is 29.3 Å². The predicted octanol–water partition coefficient (Wildman–Crippen LogP) is 2.92. The smallest absolute Gasteiger partial charge is 0.265 e. The number of para-hydroxylation sites is 2. The second-order valence-electron chi connectivity index (χ2n) is 7.42. The number of ether oxygens (including phenoxy) is 3. The number of fused-ring (bicyclic) bond motifs is 1. The molecule has 0 aromatic heterocycles. The Kier molecular flexibility index (Phi) is 8.19. The summed E-state index contributed by atoms with van der Waals surface area (Å²) < 4.78 is 16.3. The molecule has 0 saturated heterocycles. The fraction of sp³-hybridized carbons (Fsp3) is 0.417. The fourth-order valence-corrected chi connectivity index (χ4v) is 3.60. The van der Waals surface area contributed by atoms with Gasteiger partial charge in [-0.2, -0.15) is 0 Å². The summed E-state index contributed by atoms with van der Waals surface area (Å²) in [6.45, 7) is 4.71. The van der Waals surface area contributed by atoms with Crippen molar-refractivity contribution in [2.45, 2.75) is 19.9 Å². The van der Waals surface area contributed by atoms with Crippen molar-refractivity contribution in [1.82, 2.24) is 10.2 Å². The van der Waals surface area contributed by atoms with Crippen molar-refractivity contribution in [3.05, 3.63) is 48.0 Å². The number of nitrogens with zero attached hydrogens (tertiary/aromatic N) is 3. The van der Waals surface area contributed by atoms with E-state index in [4.69, 9.17) is 19.2 Å². The molecule has 2 aromatic rings. The molecule has 3 rings (SSSR count). The van der Waals surface area contributed by atoms with Gasteiger partial charge in [-0.05, 0) is 37.6 Å². The fourth-order valence-electron chi connectivity index (χ4n) is 3.60. The summed E-state index contributed by atoms with van der Waals surface area (Å²) >= 11 is 0. The molecule has 1 heterocycles. The van der Waals surface area contributed by atoms with Crippen molar-refractivity contribution < 1.29 is 19.0 Å². The molecule has 1 aliphatic rings. The number of guanidine groups is 1. The third-order valence-electron chi connectivity index (χ3n) is 5.21. The largest absolute Gasteiger partial charge is 0.497 e. The third kappa shape index (κ3) is 5.63. The number of hydrogen-bond donors (Lipinski definition) is 1. The summed E-state index contributed by atoms with van der Waals surface area (Å²) in [6.07, 6.45) is 0.745. The summed E-state index contributed by atoms with van der Waals surface area (Å²) in [5.41, 5.74) is 1.86. The average Bonchev–Trinajstić information content (AvgIpc) is 2.82. The number of rotatable bonds is 9. The zero-order valence-electron chi connectivity index (χ0n) is 19.3. The Balaban J connectivity index is 1.62. The number of methoxy groups -OCH3 is 2. The monoisotopic (exact) mass is 440 g/mol. The van der Waals surface area contributed by atoms with Gasteiger partial charge in [0.2, 0.25) is 0 Å². The van der Waals surface area contributed by atoms with Crippen LogP contribution in [0.25, 0.3) is 0 Å². The lowest BCUT2D eigenvalue weighted by molar-refractivity contribution is -0.121. The van der Waals surface area contributed by atoms with Crippen molar-refractivity contribution >= 4 is 17.6 Å². The molecular formula is C24H32N4O4. The van der Waals surface area contributed by atoms with Crippen LogP contribution < -0.4 is 24.4 Å². The first kappa shape index (κ1) is 23.2. The number of nitrogens with one attached hydrogen (secondary N) is 1. The maximum Gasteiger partial charge on any atom is 0.265 e. The third-order valence-corrected chi connectivity index (χ3v) is 5.21. The molecule has 172 valence electrons. The van der Waals surface area contributed by atoms with Gasteiger partial charge in [0.25, 0.3) is 5.91 Å². The van der Waals surface area contributed by atoms with Crippen LogP contribution in [0.5, 0.6) is 17.2 Å². The first-order chi connectivity index (χ1) is 15.6. The molecule has 0 saturated carbocycles. The molecular weight excluding hydrogens is 408 g/mol. The highest BCUT2D eigenvalue weighted by Gasteiger charge is 2.24. The molecule has 32 heavy (non-hydrogen) atoms. The van der Waals surface area contributed by atoms with E-state index in [1.165, 1.54) is 0 Å². The number of aliphatic imine (C=N–C) groups is 1. The Labute approximate surface area is 189 Å². The zero-order chi connectivity index (χ0) is 22.9. The number of amides is 1. The standard InChI is InChI=1S/C24H32N4O4/c1-5-25-24(27(2)16-18-11-12-19(30-3)15-22(18)31-4)26-13-8-14-28-20-9-6-7-10-21(20)32-17-23(28)29/h6-7,9-12,15H,5,8,13-14,16-17H2,1-4H3,(H,25,26). The van der Waals surface area contributed by atoms with Gasteiger partial charge in [-0.3, -0.25) is 9.79 Å². The molecule has 0 aliphatic carbocycles. The van der Waals surface area contributed by atoms with Crippen LogP contribution >= 0.6 is 0 Å². The minimum atomic E-state index is -0.0247. The number of hydrogen-bond acceptors (Lipinski definition) is 5. The van der Waals surface area contributed by atoms with E-state index in [9.17, 15) is 4.79 Å². The van der Waals surface area contributed by atoms with Crippen molar-refractivity contribution in [2.75, 3.05) is 52.4 Å². The summed E-state index contributed by atoms with van der Waals surface area (Å²) in [6, 6.07) is 13.4. The molecule has 0 fully saturated rings. The van der Waals surface area contributed by atoms with Crippen LogP contribution in [0.15, 0.2) is 47.5 Å². The van der Waals surface area contributed by atoms with Crippen LogP contribution in [0.1, 0.15) is 18.9 Å². The summed E-state index contributed by atoms with van der Waals surface area (Å²) in [5, 5.41) is 3.34. The molecule has 0 spiro atoms. The van der Waals surface area contributed by atoms with E-state index in [0.717, 1.165) is 47.4 Å². The van der Waals surface area contributed by atoms with Crippen LogP contribution in [-0.2, 0) is 11.3 Å². The van der Waals surface area contributed by atoms with Gasteiger partial charge in [-0.1, -0.05) is 12.1 Å². The van der Waals surface area contributed by atoms with E-state index in [1.807, 2.05) is 56.4 Å². The molecule has 0 atom stereocenters. The normalized spacial score (nSPS) is 13.3. The number of carbonyl (C=O) groups is 1. The van der Waals surface area contributed by atoms with Gasteiger partial charge in [-0.25, -0.2) is 0 Å². The van der Waals surface area contributed by atoms with Crippen LogP contribution in [-0.4, -0.2) is 64.3 Å². The van der Waals surface area contributed by atoms with Crippen LogP contribution in [0.2, 0.25) is 0 Å². The van der Waals surface area contributed by atoms with Crippen molar-refractivity contribution in [1.29, 1.82) is 0 Å². The minimum Gasteiger partial charge on any atom is -0.497 e. The van der Waals surface area contributed by atoms with Gasteiger partial charge in [0.15, 0.2) is 12.6 Å². The Morgan fingerprint density at radius 2 is 2.03 bits per heavy atom. The van der Waals surface area contributed by atoms with Crippen molar-refractivity contribution in [2.24, 2.45) is 4.99 Å². The van der Waals surface area contributed by atoms with Gasteiger partial charge in [0, 0.05) is 44.9 Å². The maximum absolute atomic E-state index is 12.3. The predicted molar refractivity (Wildman–Crippen MR) is 126 cm³/mol. The molecule has 8 heteroatoms. The highest BCUT2D eigenvalue weighted by Crippen LogP contribution is 2.31. The average molecular weight is 441 g/mol. The molecule has 8 nitrogen and oxygen atoms in total. The topological polar surface area (TPSA) is 75.6 Å². The second-order valence-corrected chi connectivity index (χ2v) is 7.42. The van der Waals surface area contributed by atoms with Gasteiger partial charge in [0.05, 0.1) is 19.9 Å². The number of anilines is 1. The SMILES string of the molecule is CCNC(=NCCCN1C(=O)COc2ccccc21)N(C)Cc1ccc(OC)cc1OC. The van der Waals surface area contributed by atoms with E-state index < -0.39 is 0 Å². The minimum absolute atomic E-state index is 0.0247. The summed E-state index contributed by atoms with van der Waals surface area (Å²) in [5.74, 6) is 3.06. The van der Waals surface area contributed by atoms with Crippen LogP contribution in [0.3, 0.4) is 0 Å². The first-order valence-electron chi connectivity index (χ1n) is 10.8. The Bertz CT molecular complexity index is 947. The van der Waals surface area contributed by atoms with E-state index >= 15 is 0 Å². The number of carbonyl (C=O) groups excluding carboxylic acids is 1. The number of benzene rings is 2. The molecule has 1 amide bonds. The van der Waals surface area contributed by atoms with Gasteiger partial charge in [-0.15, -0.1) is 0 Å². The second kappa shape index (κ2) is 11.3. The maximum atomic E-state index is 12.3. The molecule has 2 aromatic carbocycles. The highest BCUT2D eigenvalue weighted by molar-refractivity contribution is 5.97. The van der Waals surface area contributed by atoms with E-state index in [2.05, 4.69) is 10.2 Å². The van der Waals surface area contributed by atoms with E-state index in [-0.39, 0.29) is 12.5 Å². The van der Waals surface area contributed by atoms with Crippen molar-refractivity contribution in [3.8, 4) is 17.2 Å².